The van der Waals surface area contributed by atoms with Gasteiger partial charge in [0, 0.05) is 12.3 Å². The molecule has 0 amide bonds. The van der Waals surface area contributed by atoms with Crippen LogP contribution in [0.3, 0.4) is 0 Å². The van der Waals surface area contributed by atoms with E-state index in [1.54, 1.807) is 0 Å². The van der Waals surface area contributed by atoms with E-state index in [4.69, 9.17) is 5.73 Å². The first-order chi connectivity index (χ1) is 4.20. The van der Waals surface area contributed by atoms with Crippen molar-refractivity contribution < 1.29 is 0 Å². The van der Waals surface area contributed by atoms with E-state index >= 15 is 0 Å². The number of rotatable bonds is 0. The lowest BCUT2D eigenvalue weighted by Crippen LogP contribution is -2.10. The molecule has 0 fully saturated rings. The van der Waals surface area contributed by atoms with Crippen LogP contribution in [-0.2, 0) is 0 Å². The molecule has 0 atom stereocenters. The molecule has 1 rings (SSSR count). The lowest BCUT2D eigenvalue weighted by atomic mass is 10.7. The molecule has 0 aliphatic carbocycles. The Morgan fingerprint density at radius 2 is 2.44 bits per heavy atom. The topological polar surface area (TPSA) is 60.9 Å². The Bertz CT molecular complexity index is 269. The van der Waals surface area contributed by atoms with Gasteiger partial charge in [0.1, 0.15) is 0 Å². The maximum absolute atomic E-state index is 10.4. The van der Waals surface area contributed by atoms with Gasteiger partial charge >= 0.3 is 0 Å². The monoisotopic (exact) mass is 143 g/mol. The van der Waals surface area contributed by atoms with Crippen molar-refractivity contribution in [3.8, 4) is 0 Å². The number of nitrogens with two attached hydrogens (primary N) is 1. The number of anilines is 1. The lowest BCUT2D eigenvalue weighted by molar-refractivity contribution is 1.10. The maximum atomic E-state index is 10.4. The van der Waals surface area contributed by atoms with Gasteiger partial charge in [0.05, 0.1) is 0 Å². The lowest BCUT2D eigenvalue weighted by Gasteiger charge is -1.95. The molecular formula is C4H5N3OS. The highest BCUT2D eigenvalue weighted by Crippen LogP contribution is 1.93. The molecule has 9 heavy (non-hydrogen) atoms. The molecule has 0 aliphatic heterocycles. The molecule has 0 saturated heterocycles. The van der Waals surface area contributed by atoms with Crippen LogP contribution >= 0.6 is 12.8 Å². The van der Waals surface area contributed by atoms with Gasteiger partial charge in [-0.3, -0.25) is 8.77 Å². The summed E-state index contributed by atoms with van der Waals surface area (Å²) in [5, 5.41) is 0. The molecule has 5 heteroatoms. The van der Waals surface area contributed by atoms with Crippen LogP contribution in [-0.4, -0.2) is 8.96 Å². The first-order valence-electron chi connectivity index (χ1n) is 2.24. The summed E-state index contributed by atoms with van der Waals surface area (Å²) in [6, 6.07) is 1.28. The van der Waals surface area contributed by atoms with Gasteiger partial charge in [-0.2, -0.15) is 4.98 Å². The molecule has 0 spiro atoms. The van der Waals surface area contributed by atoms with E-state index in [0.717, 1.165) is 0 Å². The second-order valence-electron chi connectivity index (χ2n) is 1.47. The zero-order chi connectivity index (χ0) is 6.85. The molecule has 0 radical (unpaired) electrons. The third kappa shape index (κ3) is 1.23. The van der Waals surface area contributed by atoms with Crippen LogP contribution in [0, 0.1) is 0 Å². The summed E-state index contributed by atoms with van der Waals surface area (Å²) in [5.41, 5.74) is 4.85. The molecule has 2 N–H and O–H groups in total. The van der Waals surface area contributed by atoms with Crippen LogP contribution in [0.25, 0.3) is 0 Å². The Labute approximate surface area is 56.9 Å². The normalized spacial score (nSPS) is 9.44. The van der Waals surface area contributed by atoms with Crippen molar-refractivity contribution >= 4 is 18.8 Å². The molecule has 0 bridgehead atoms. The minimum atomic E-state index is -0.349. The first kappa shape index (κ1) is 6.15. The van der Waals surface area contributed by atoms with Gasteiger partial charge in [-0.1, -0.05) is 12.8 Å². The Hall–Kier alpha value is -0.970. The minimum Gasteiger partial charge on any atom is -0.368 e. The van der Waals surface area contributed by atoms with Crippen LogP contribution in [0.2, 0.25) is 0 Å². The van der Waals surface area contributed by atoms with Crippen molar-refractivity contribution in [3.63, 3.8) is 0 Å². The standard InChI is InChI=1S/C4H5N3OS/c5-4-6-3(8)1-2-7(4)9/h1-2,9H,(H2,5,6,8). The fourth-order valence-corrected chi connectivity index (χ4v) is 0.524. The Balaban J connectivity index is 3.34. The smallest absolute Gasteiger partial charge is 0.274 e. The summed E-state index contributed by atoms with van der Waals surface area (Å²) in [5.74, 6) is 0.103. The van der Waals surface area contributed by atoms with Crippen molar-refractivity contribution in [2.45, 2.75) is 0 Å². The number of nitrogen functional groups attached to an aromatic ring is 1. The summed E-state index contributed by atoms with van der Waals surface area (Å²) in [4.78, 5) is 13.8. The van der Waals surface area contributed by atoms with Crippen LogP contribution in [0.15, 0.2) is 17.1 Å². The summed E-state index contributed by atoms with van der Waals surface area (Å²) >= 11 is 3.84. The summed E-state index contributed by atoms with van der Waals surface area (Å²) in [6.07, 6.45) is 1.44. The Morgan fingerprint density at radius 3 is 2.89 bits per heavy atom. The maximum Gasteiger partial charge on any atom is 0.274 e. The van der Waals surface area contributed by atoms with E-state index in [-0.39, 0.29) is 11.5 Å². The molecule has 4 nitrogen and oxygen atoms in total. The van der Waals surface area contributed by atoms with Crippen molar-refractivity contribution in [1.29, 1.82) is 0 Å². The number of nitrogens with zero attached hydrogens (tertiary/aromatic N) is 2. The average Bonchev–Trinajstić information content (AvgIpc) is 1.80. The van der Waals surface area contributed by atoms with Crippen LogP contribution < -0.4 is 11.3 Å². The zero-order valence-electron chi connectivity index (χ0n) is 4.48. The minimum absolute atomic E-state index is 0.103. The molecule has 0 unspecified atom stereocenters. The third-order valence-electron chi connectivity index (χ3n) is 0.818. The second-order valence-corrected chi connectivity index (χ2v) is 1.90. The second kappa shape index (κ2) is 2.10. The molecule has 48 valence electrons. The first-order valence-corrected chi connectivity index (χ1v) is 2.64. The van der Waals surface area contributed by atoms with Crippen molar-refractivity contribution in [2.24, 2.45) is 0 Å². The number of thiol groups is 1. The van der Waals surface area contributed by atoms with Gasteiger partial charge in [0.15, 0.2) is 0 Å². The Morgan fingerprint density at radius 1 is 1.78 bits per heavy atom. The van der Waals surface area contributed by atoms with Crippen molar-refractivity contribution in [2.75, 3.05) is 5.73 Å². The van der Waals surface area contributed by atoms with Crippen LogP contribution in [0.4, 0.5) is 5.95 Å². The van der Waals surface area contributed by atoms with Gasteiger partial charge in [0.2, 0.25) is 5.95 Å². The average molecular weight is 143 g/mol. The molecular weight excluding hydrogens is 138 g/mol. The molecule has 0 aromatic carbocycles. The van der Waals surface area contributed by atoms with E-state index in [1.165, 1.54) is 16.2 Å². The highest BCUT2D eigenvalue weighted by molar-refractivity contribution is 7.78. The van der Waals surface area contributed by atoms with Gasteiger partial charge in [-0.25, -0.2) is 0 Å². The predicted octanol–water partition coefficient (Wildman–Crippen LogP) is -0.482. The van der Waals surface area contributed by atoms with Crippen LogP contribution in [0.1, 0.15) is 0 Å². The number of hydrogen-bond donors (Lipinski definition) is 2. The van der Waals surface area contributed by atoms with Gasteiger partial charge < -0.3 is 5.73 Å². The predicted molar refractivity (Wildman–Crippen MR) is 37.3 cm³/mol. The molecule has 1 aromatic rings. The number of aromatic nitrogens is 2. The fraction of sp³-hybridized carbons (Fsp3) is 0. The fourth-order valence-electron chi connectivity index (χ4n) is 0.412. The van der Waals surface area contributed by atoms with Gasteiger partial charge in [-0.15, -0.1) is 0 Å². The molecule has 1 aromatic heterocycles. The van der Waals surface area contributed by atoms with Crippen molar-refractivity contribution in [1.82, 2.24) is 8.96 Å². The third-order valence-corrected chi connectivity index (χ3v) is 1.16. The molecule has 0 aliphatic rings. The van der Waals surface area contributed by atoms with E-state index in [0.29, 0.717) is 0 Å². The molecule has 1 heterocycles. The van der Waals surface area contributed by atoms with Gasteiger partial charge in [-0.05, 0) is 0 Å². The Kier molecular flexibility index (Phi) is 1.44. The van der Waals surface area contributed by atoms with E-state index in [2.05, 4.69) is 17.8 Å². The van der Waals surface area contributed by atoms with Gasteiger partial charge in [0.25, 0.3) is 5.56 Å². The van der Waals surface area contributed by atoms with E-state index in [9.17, 15) is 4.79 Å². The summed E-state index contributed by atoms with van der Waals surface area (Å²) < 4.78 is 1.27. The highest BCUT2D eigenvalue weighted by atomic mass is 32.1. The largest absolute Gasteiger partial charge is 0.368 e. The van der Waals surface area contributed by atoms with E-state index < -0.39 is 0 Å². The van der Waals surface area contributed by atoms with E-state index in [1.807, 2.05) is 0 Å². The summed E-state index contributed by atoms with van der Waals surface area (Å²) in [7, 11) is 0. The highest BCUT2D eigenvalue weighted by Gasteiger charge is 1.89. The summed E-state index contributed by atoms with van der Waals surface area (Å²) in [6.45, 7) is 0. The van der Waals surface area contributed by atoms with Crippen LogP contribution in [0.5, 0.6) is 0 Å². The number of hydrogen-bond acceptors (Lipinski definition) is 4. The SMILES string of the molecule is Nc1nc(=O)ccn1S. The quantitative estimate of drug-likeness (QED) is 0.482. The van der Waals surface area contributed by atoms with Crippen molar-refractivity contribution in [3.05, 3.63) is 22.6 Å². The molecule has 0 saturated carbocycles. The zero-order valence-corrected chi connectivity index (χ0v) is 5.38.